The highest BCUT2D eigenvalue weighted by Gasteiger charge is 2.49. The summed E-state index contributed by atoms with van der Waals surface area (Å²) in [5, 5.41) is 0.726. The molecule has 0 spiro atoms. The molecule has 2 heterocycles. The lowest BCUT2D eigenvalue weighted by atomic mass is 9.76. The molecule has 3 nitrogen and oxygen atoms in total. The normalized spacial score (nSPS) is 28.1. The van der Waals surface area contributed by atoms with E-state index in [2.05, 4.69) is 24.1 Å². The van der Waals surface area contributed by atoms with Crippen molar-refractivity contribution in [1.29, 1.82) is 0 Å². The van der Waals surface area contributed by atoms with Gasteiger partial charge in [0.05, 0.1) is 5.92 Å². The van der Waals surface area contributed by atoms with E-state index >= 15 is 0 Å². The third kappa shape index (κ3) is 3.15. The van der Waals surface area contributed by atoms with Crippen LogP contribution >= 0.6 is 11.6 Å². The van der Waals surface area contributed by atoms with E-state index in [0.717, 1.165) is 29.8 Å². The molecule has 26 heavy (non-hydrogen) atoms. The highest BCUT2D eigenvalue weighted by Crippen LogP contribution is 2.46. The van der Waals surface area contributed by atoms with Gasteiger partial charge in [-0.15, -0.1) is 0 Å². The Balaban J connectivity index is 1.65. The molecule has 0 saturated carbocycles. The number of esters is 1. The molecule has 2 aliphatic heterocycles. The van der Waals surface area contributed by atoms with Crippen LogP contribution in [0, 0.1) is 12.8 Å². The fourth-order valence-electron chi connectivity index (χ4n) is 4.69. The van der Waals surface area contributed by atoms with Gasteiger partial charge in [0.1, 0.15) is 5.75 Å². The summed E-state index contributed by atoms with van der Waals surface area (Å²) in [5.74, 6) is 0.573. The van der Waals surface area contributed by atoms with Gasteiger partial charge in [-0.1, -0.05) is 41.9 Å². The first-order chi connectivity index (χ1) is 12.5. The van der Waals surface area contributed by atoms with Gasteiger partial charge in [0, 0.05) is 23.0 Å². The zero-order chi connectivity index (χ0) is 18.3. The molecular formula is C22H24ClNO2. The van der Waals surface area contributed by atoms with Gasteiger partial charge in [0.15, 0.2) is 0 Å². The van der Waals surface area contributed by atoms with Crippen molar-refractivity contribution in [3.63, 3.8) is 0 Å². The highest BCUT2D eigenvalue weighted by molar-refractivity contribution is 6.30. The molecule has 0 amide bonds. The van der Waals surface area contributed by atoms with Gasteiger partial charge in [0.25, 0.3) is 0 Å². The van der Waals surface area contributed by atoms with E-state index in [4.69, 9.17) is 16.3 Å². The summed E-state index contributed by atoms with van der Waals surface area (Å²) in [6.45, 7) is 1.97. The summed E-state index contributed by atoms with van der Waals surface area (Å²) >= 11 is 6.07. The first-order valence-electron chi connectivity index (χ1n) is 9.29. The summed E-state index contributed by atoms with van der Waals surface area (Å²) in [6, 6.07) is 16.4. The molecule has 2 aromatic rings. The predicted octanol–water partition coefficient (Wildman–Crippen LogP) is 4.82. The smallest absolute Gasteiger partial charge is 0.316 e. The van der Waals surface area contributed by atoms with Crippen molar-refractivity contribution in [1.82, 2.24) is 4.90 Å². The zero-order valence-electron chi connectivity index (χ0n) is 15.2. The minimum Gasteiger partial charge on any atom is -0.426 e. The lowest BCUT2D eigenvalue weighted by molar-refractivity contribution is -0.143. The van der Waals surface area contributed by atoms with Crippen LogP contribution in [0.2, 0.25) is 5.02 Å². The fraction of sp³-hybridized carbons (Fsp3) is 0.409. The van der Waals surface area contributed by atoms with Gasteiger partial charge >= 0.3 is 5.97 Å². The van der Waals surface area contributed by atoms with Crippen LogP contribution in [0.5, 0.6) is 5.75 Å². The summed E-state index contributed by atoms with van der Waals surface area (Å²) in [5.41, 5.74) is 2.17. The molecule has 2 fully saturated rings. The van der Waals surface area contributed by atoms with Gasteiger partial charge in [-0.25, -0.2) is 0 Å². The van der Waals surface area contributed by atoms with Crippen LogP contribution in [0.15, 0.2) is 48.5 Å². The Labute approximate surface area is 159 Å². The number of aryl methyl sites for hydroxylation is 1. The molecular weight excluding hydrogens is 346 g/mol. The highest BCUT2D eigenvalue weighted by atomic mass is 35.5. The number of piperidine rings is 1. The monoisotopic (exact) mass is 369 g/mol. The topological polar surface area (TPSA) is 29.5 Å². The number of nitrogens with zero attached hydrogens (tertiary/aromatic N) is 1. The van der Waals surface area contributed by atoms with E-state index < -0.39 is 0 Å². The number of hydrogen-bond donors (Lipinski definition) is 0. The Morgan fingerprint density at radius 1 is 1.12 bits per heavy atom. The SMILES string of the molecule is Cc1ccccc1OC(=O)C1C2CCC(C[C@@H]1c1ccc(Cl)cc1)N2C. The molecule has 2 aliphatic rings. The van der Waals surface area contributed by atoms with E-state index in [9.17, 15) is 4.79 Å². The molecule has 0 radical (unpaired) electrons. The third-order valence-corrected chi connectivity index (χ3v) is 6.40. The molecule has 136 valence electrons. The number of benzene rings is 2. The second-order valence-corrected chi connectivity index (χ2v) is 8.01. The van der Waals surface area contributed by atoms with Crippen molar-refractivity contribution < 1.29 is 9.53 Å². The number of para-hydroxylation sites is 1. The number of fused-ring (bicyclic) bond motifs is 2. The minimum absolute atomic E-state index is 0.114. The maximum atomic E-state index is 13.2. The molecule has 4 rings (SSSR count). The van der Waals surface area contributed by atoms with Gasteiger partial charge in [-0.2, -0.15) is 0 Å². The van der Waals surface area contributed by atoms with Gasteiger partial charge in [-0.3, -0.25) is 9.69 Å². The van der Waals surface area contributed by atoms with Gasteiger partial charge in [-0.05, 0) is 62.6 Å². The first kappa shape index (κ1) is 17.6. The summed E-state index contributed by atoms with van der Waals surface area (Å²) in [4.78, 5) is 15.6. The Hall–Kier alpha value is -1.84. The number of hydrogen-bond acceptors (Lipinski definition) is 3. The molecule has 2 aromatic carbocycles. The summed E-state index contributed by atoms with van der Waals surface area (Å²) in [6.07, 6.45) is 3.19. The summed E-state index contributed by atoms with van der Waals surface area (Å²) in [7, 11) is 2.15. The van der Waals surface area contributed by atoms with Gasteiger partial charge < -0.3 is 4.74 Å². The van der Waals surface area contributed by atoms with E-state index in [1.54, 1.807) is 0 Å². The van der Waals surface area contributed by atoms with Crippen molar-refractivity contribution in [2.75, 3.05) is 7.05 Å². The quantitative estimate of drug-likeness (QED) is 0.573. The minimum atomic E-state index is -0.153. The number of halogens is 1. The maximum absolute atomic E-state index is 13.2. The standard InChI is InChI=1S/C22H24ClNO2/c1-14-5-3-4-6-20(14)26-22(25)21-18(15-7-9-16(23)10-8-15)13-17-11-12-19(21)24(17)2/h3-10,17-19,21H,11-13H2,1-2H3/t17?,18-,19?,21?/m1/s1. The van der Waals surface area contributed by atoms with E-state index in [1.165, 1.54) is 5.56 Å². The molecule has 0 aromatic heterocycles. The van der Waals surface area contributed by atoms with E-state index in [1.807, 2.05) is 43.3 Å². The number of carbonyl (C=O) groups is 1. The second-order valence-electron chi connectivity index (χ2n) is 7.57. The number of rotatable bonds is 3. The van der Waals surface area contributed by atoms with Crippen LogP contribution in [0.3, 0.4) is 0 Å². The maximum Gasteiger partial charge on any atom is 0.316 e. The van der Waals surface area contributed by atoms with E-state index in [-0.39, 0.29) is 23.8 Å². The second kappa shape index (κ2) is 7.05. The molecule has 4 atom stereocenters. The number of ether oxygens (including phenoxy) is 1. The number of carbonyl (C=O) groups excluding carboxylic acids is 1. The first-order valence-corrected chi connectivity index (χ1v) is 9.67. The Morgan fingerprint density at radius 2 is 1.85 bits per heavy atom. The van der Waals surface area contributed by atoms with Crippen LogP contribution in [0.4, 0.5) is 0 Å². The Bertz CT molecular complexity index is 804. The van der Waals surface area contributed by atoms with Crippen LogP contribution in [0.25, 0.3) is 0 Å². The summed E-state index contributed by atoms with van der Waals surface area (Å²) < 4.78 is 5.87. The van der Waals surface area contributed by atoms with Crippen molar-refractivity contribution in [2.24, 2.45) is 5.92 Å². The molecule has 0 aliphatic carbocycles. The van der Waals surface area contributed by atoms with Crippen molar-refractivity contribution >= 4 is 17.6 Å². The molecule has 2 bridgehead atoms. The van der Waals surface area contributed by atoms with Crippen molar-refractivity contribution in [3.8, 4) is 5.75 Å². The lowest BCUT2D eigenvalue weighted by Crippen LogP contribution is -2.49. The Morgan fingerprint density at radius 3 is 2.58 bits per heavy atom. The van der Waals surface area contributed by atoms with Crippen LogP contribution < -0.4 is 4.74 Å². The van der Waals surface area contributed by atoms with Crippen molar-refractivity contribution in [3.05, 3.63) is 64.7 Å². The molecule has 3 unspecified atom stereocenters. The molecule has 2 saturated heterocycles. The van der Waals surface area contributed by atoms with Gasteiger partial charge in [0.2, 0.25) is 0 Å². The zero-order valence-corrected chi connectivity index (χ0v) is 15.9. The van der Waals surface area contributed by atoms with Crippen LogP contribution in [0.1, 0.15) is 36.3 Å². The average Bonchev–Trinajstić information content (AvgIpc) is 2.87. The van der Waals surface area contributed by atoms with Crippen LogP contribution in [-0.2, 0) is 4.79 Å². The predicted molar refractivity (Wildman–Crippen MR) is 104 cm³/mol. The van der Waals surface area contributed by atoms with E-state index in [0.29, 0.717) is 11.8 Å². The largest absolute Gasteiger partial charge is 0.426 e. The van der Waals surface area contributed by atoms with Crippen LogP contribution in [-0.4, -0.2) is 30.0 Å². The average molecular weight is 370 g/mol. The molecule has 4 heteroatoms. The lowest BCUT2D eigenvalue weighted by Gasteiger charge is -2.42. The third-order valence-electron chi connectivity index (χ3n) is 6.14. The molecule has 0 N–H and O–H groups in total. The fourth-order valence-corrected chi connectivity index (χ4v) is 4.81. The Kier molecular flexibility index (Phi) is 4.76. The van der Waals surface area contributed by atoms with Crippen molar-refractivity contribution in [2.45, 2.75) is 44.2 Å².